The van der Waals surface area contributed by atoms with Crippen molar-refractivity contribution in [1.82, 2.24) is 9.55 Å². The minimum atomic E-state index is 0.0558. The van der Waals surface area contributed by atoms with Crippen molar-refractivity contribution in [3.05, 3.63) is 18.2 Å². The van der Waals surface area contributed by atoms with Gasteiger partial charge in [0.1, 0.15) is 5.82 Å². The van der Waals surface area contributed by atoms with E-state index in [-0.39, 0.29) is 5.54 Å². The maximum absolute atomic E-state index is 6.21. The Morgan fingerprint density at radius 1 is 1.77 bits per heavy atom. The fourth-order valence-corrected chi connectivity index (χ4v) is 2.03. The predicted molar refractivity (Wildman–Crippen MR) is 52.3 cm³/mol. The van der Waals surface area contributed by atoms with E-state index < -0.39 is 0 Å². The first-order chi connectivity index (χ1) is 6.15. The molecule has 2 unspecified atom stereocenters. The number of nitrogens with two attached hydrogens (primary N) is 1. The Hall–Kier alpha value is -0.830. The Morgan fingerprint density at radius 2 is 2.54 bits per heavy atom. The first-order valence-corrected chi connectivity index (χ1v) is 4.92. The van der Waals surface area contributed by atoms with Crippen molar-refractivity contribution in [2.75, 3.05) is 0 Å². The number of hydrogen-bond acceptors (Lipinski definition) is 2. The molecular formula is C10H17N3. The van der Waals surface area contributed by atoms with Gasteiger partial charge in [-0.15, -0.1) is 0 Å². The van der Waals surface area contributed by atoms with Crippen LogP contribution in [-0.2, 0) is 6.54 Å². The number of imidazole rings is 1. The molecule has 3 nitrogen and oxygen atoms in total. The lowest BCUT2D eigenvalue weighted by molar-refractivity contribution is 0.485. The summed E-state index contributed by atoms with van der Waals surface area (Å²) in [5, 5.41) is 0. The summed E-state index contributed by atoms with van der Waals surface area (Å²) in [6.45, 7) is 5.16. The average Bonchev–Trinajstić information content (AvgIpc) is 2.58. The first-order valence-electron chi connectivity index (χ1n) is 4.92. The summed E-state index contributed by atoms with van der Waals surface area (Å²) >= 11 is 0. The van der Waals surface area contributed by atoms with E-state index in [0.29, 0.717) is 5.92 Å². The molecule has 0 radical (unpaired) electrons. The molecular weight excluding hydrogens is 162 g/mol. The number of aromatic nitrogens is 2. The molecule has 0 aliphatic heterocycles. The van der Waals surface area contributed by atoms with Crippen LogP contribution in [0.15, 0.2) is 12.4 Å². The summed E-state index contributed by atoms with van der Waals surface area (Å²) < 4.78 is 2.15. The molecule has 0 aromatic carbocycles. The zero-order valence-corrected chi connectivity index (χ0v) is 8.33. The van der Waals surface area contributed by atoms with Crippen LogP contribution in [0.2, 0.25) is 0 Å². The lowest BCUT2D eigenvalue weighted by atomic mass is 10.2. The van der Waals surface area contributed by atoms with Crippen LogP contribution in [0.1, 0.15) is 25.6 Å². The van der Waals surface area contributed by atoms with Crippen molar-refractivity contribution in [3.63, 3.8) is 0 Å². The van der Waals surface area contributed by atoms with E-state index in [1.807, 2.05) is 19.3 Å². The smallest absolute Gasteiger partial charge is 0.105 e. The normalized spacial score (nSPS) is 32.1. The van der Waals surface area contributed by atoms with Gasteiger partial charge in [0.2, 0.25) is 0 Å². The molecule has 1 fully saturated rings. The molecule has 0 bridgehead atoms. The van der Waals surface area contributed by atoms with Gasteiger partial charge >= 0.3 is 0 Å². The second-order valence-corrected chi connectivity index (χ2v) is 4.14. The summed E-state index contributed by atoms with van der Waals surface area (Å²) in [5.74, 6) is 1.78. The Balaban J connectivity index is 2.04. The molecule has 1 aliphatic rings. The molecule has 3 heteroatoms. The highest BCUT2D eigenvalue weighted by Gasteiger charge is 2.49. The van der Waals surface area contributed by atoms with Crippen molar-refractivity contribution in [2.45, 2.75) is 38.8 Å². The van der Waals surface area contributed by atoms with Crippen LogP contribution in [0, 0.1) is 12.8 Å². The lowest BCUT2D eigenvalue weighted by Gasteiger charge is -2.12. The lowest BCUT2D eigenvalue weighted by Crippen LogP contribution is -2.31. The van der Waals surface area contributed by atoms with Gasteiger partial charge in [-0.25, -0.2) is 4.98 Å². The Kier molecular flexibility index (Phi) is 1.91. The van der Waals surface area contributed by atoms with Crippen molar-refractivity contribution >= 4 is 0 Å². The molecule has 2 atom stereocenters. The summed E-state index contributed by atoms with van der Waals surface area (Å²) in [4.78, 5) is 4.19. The highest BCUT2D eigenvalue weighted by atomic mass is 15.1. The van der Waals surface area contributed by atoms with Crippen LogP contribution >= 0.6 is 0 Å². The van der Waals surface area contributed by atoms with Gasteiger partial charge in [0.15, 0.2) is 0 Å². The quantitative estimate of drug-likeness (QED) is 0.760. The number of nitrogens with zero attached hydrogens (tertiary/aromatic N) is 2. The highest BCUT2D eigenvalue weighted by Crippen LogP contribution is 2.44. The van der Waals surface area contributed by atoms with E-state index in [2.05, 4.69) is 16.5 Å². The molecule has 0 amide bonds. The van der Waals surface area contributed by atoms with Gasteiger partial charge in [0.05, 0.1) is 0 Å². The van der Waals surface area contributed by atoms with Crippen molar-refractivity contribution in [2.24, 2.45) is 11.7 Å². The van der Waals surface area contributed by atoms with E-state index in [1.54, 1.807) is 0 Å². The minimum Gasteiger partial charge on any atom is -0.333 e. The van der Waals surface area contributed by atoms with Crippen LogP contribution in [-0.4, -0.2) is 15.1 Å². The molecule has 1 saturated carbocycles. The van der Waals surface area contributed by atoms with Crippen LogP contribution in [0.3, 0.4) is 0 Å². The van der Waals surface area contributed by atoms with Gasteiger partial charge in [-0.1, -0.05) is 13.3 Å². The zero-order valence-electron chi connectivity index (χ0n) is 8.33. The van der Waals surface area contributed by atoms with Gasteiger partial charge in [0.25, 0.3) is 0 Å². The fourth-order valence-electron chi connectivity index (χ4n) is 2.03. The Morgan fingerprint density at radius 3 is 3.00 bits per heavy atom. The maximum atomic E-state index is 6.21. The third-order valence-corrected chi connectivity index (χ3v) is 3.16. The van der Waals surface area contributed by atoms with Crippen molar-refractivity contribution in [1.29, 1.82) is 0 Å². The zero-order chi connectivity index (χ0) is 9.47. The van der Waals surface area contributed by atoms with Gasteiger partial charge < -0.3 is 10.3 Å². The SMILES string of the molecule is CCC1CC1(N)Cn1ccnc1C. The van der Waals surface area contributed by atoms with Crippen molar-refractivity contribution < 1.29 is 0 Å². The maximum Gasteiger partial charge on any atom is 0.105 e. The van der Waals surface area contributed by atoms with E-state index in [9.17, 15) is 0 Å². The number of aryl methyl sites for hydroxylation is 1. The Bertz CT molecular complexity index is 305. The fraction of sp³-hybridized carbons (Fsp3) is 0.700. The molecule has 1 aromatic rings. The minimum absolute atomic E-state index is 0.0558. The molecule has 0 saturated heterocycles. The summed E-state index contributed by atoms with van der Waals surface area (Å²) in [7, 11) is 0. The van der Waals surface area contributed by atoms with Gasteiger partial charge in [-0.3, -0.25) is 0 Å². The molecule has 13 heavy (non-hydrogen) atoms. The standard InChI is InChI=1S/C10H17N3/c1-3-9-6-10(9,11)7-13-5-4-12-8(13)2/h4-5,9H,3,6-7,11H2,1-2H3. The number of rotatable bonds is 3. The van der Waals surface area contributed by atoms with Crippen LogP contribution in [0.4, 0.5) is 0 Å². The molecule has 0 spiro atoms. The largest absolute Gasteiger partial charge is 0.333 e. The van der Waals surface area contributed by atoms with Gasteiger partial charge in [-0.05, 0) is 19.3 Å². The van der Waals surface area contributed by atoms with E-state index in [4.69, 9.17) is 5.73 Å². The molecule has 1 aromatic heterocycles. The summed E-state index contributed by atoms with van der Waals surface area (Å²) in [5.41, 5.74) is 6.27. The predicted octanol–water partition coefficient (Wildman–Crippen LogP) is 1.32. The highest BCUT2D eigenvalue weighted by molar-refractivity contribution is 5.08. The summed E-state index contributed by atoms with van der Waals surface area (Å²) in [6.07, 6.45) is 6.21. The molecule has 1 heterocycles. The van der Waals surface area contributed by atoms with Crippen LogP contribution in [0.25, 0.3) is 0 Å². The van der Waals surface area contributed by atoms with Gasteiger partial charge in [-0.2, -0.15) is 0 Å². The topological polar surface area (TPSA) is 43.8 Å². The second kappa shape index (κ2) is 2.84. The van der Waals surface area contributed by atoms with E-state index >= 15 is 0 Å². The molecule has 2 rings (SSSR count). The van der Waals surface area contributed by atoms with Crippen molar-refractivity contribution in [3.8, 4) is 0 Å². The number of hydrogen-bond donors (Lipinski definition) is 1. The summed E-state index contributed by atoms with van der Waals surface area (Å²) in [6, 6.07) is 0. The molecule has 2 N–H and O–H groups in total. The van der Waals surface area contributed by atoms with E-state index in [1.165, 1.54) is 12.8 Å². The molecule has 1 aliphatic carbocycles. The second-order valence-electron chi connectivity index (χ2n) is 4.14. The monoisotopic (exact) mass is 179 g/mol. The van der Waals surface area contributed by atoms with Crippen LogP contribution < -0.4 is 5.73 Å². The third-order valence-electron chi connectivity index (χ3n) is 3.16. The Labute approximate surface area is 79.0 Å². The van der Waals surface area contributed by atoms with Gasteiger partial charge in [0, 0.05) is 24.5 Å². The average molecular weight is 179 g/mol. The van der Waals surface area contributed by atoms with Crippen LogP contribution in [0.5, 0.6) is 0 Å². The molecule has 72 valence electrons. The van der Waals surface area contributed by atoms with E-state index in [0.717, 1.165) is 12.4 Å². The first kappa shape index (κ1) is 8.75. The third kappa shape index (κ3) is 1.48.